The van der Waals surface area contributed by atoms with Crippen LogP contribution in [-0.2, 0) is 14.4 Å². The molecule has 2 aromatic heterocycles. The minimum absolute atomic E-state index is 0.0648. The highest BCUT2D eigenvalue weighted by molar-refractivity contribution is 8.85. The van der Waals surface area contributed by atoms with E-state index in [2.05, 4.69) is 16.9 Å². The molecule has 0 spiro atoms. The normalized spacial score (nSPS) is 14.9. The number of amides is 2. The summed E-state index contributed by atoms with van der Waals surface area (Å²) in [5, 5.41) is 2.63. The van der Waals surface area contributed by atoms with Crippen LogP contribution in [0.15, 0.2) is 83.1 Å². The first-order valence-electron chi connectivity index (χ1n) is 10.00. The minimum atomic E-state index is -0.832. The summed E-state index contributed by atoms with van der Waals surface area (Å²) < 4.78 is 0. The number of aromatic nitrogens is 2. The number of hydrogen-bond acceptors (Lipinski definition) is 7. The molecule has 0 bridgehead atoms. The topological polar surface area (TPSA) is 89.5 Å². The highest BCUT2D eigenvalue weighted by Crippen LogP contribution is 2.58. The molecule has 1 saturated heterocycles. The number of hydroxylamine groups is 2. The Morgan fingerprint density at radius 1 is 0.938 bits per heavy atom. The van der Waals surface area contributed by atoms with Crippen LogP contribution in [0.3, 0.4) is 0 Å². The molecule has 1 aliphatic rings. The lowest BCUT2D eigenvalue weighted by atomic mass is 10.1. The third-order valence-corrected chi connectivity index (χ3v) is 9.64. The summed E-state index contributed by atoms with van der Waals surface area (Å²) in [6.07, 6.45) is 3.70. The van der Waals surface area contributed by atoms with Crippen molar-refractivity contribution in [3.8, 4) is 0 Å². The Morgan fingerprint density at radius 3 is 2.00 bits per heavy atom. The van der Waals surface area contributed by atoms with E-state index >= 15 is 0 Å². The lowest BCUT2D eigenvalue weighted by molar-refractivity contribution is -0.172. The fourth-order valence-electron chi connectivity index (χ4n) is 3.08. The number of carbonyl (C=O) groups excluding carboxylic acids is 3. The van der Waals surface area contributed by atoms with Gasteiger partial charge < -0.3 is 4.84 Å². The van der Waals surface area contributed by atoms with Gasteiger partial charge in [-0.05, 0) is 48.9 Å². The van der Waals surface area contributed by atoms with Gasteiger partial charge in [-0.2, -0.15) is 0 Å². The predicted molar refractivity (Wildman–Crippen MR) is 123 cm³/mol. The van der Waals surface area contributed by atoms with Gasteiger partial charge in [0.05, 0.1) is 15.6 Å². The molecule has 4 rings (SSSR count). The van der Waals surface area contributed by atoms with Gasteiger partial charge in [-0.15, -0.1) is 15.0 Å². The Hall–Kier alpha value is -3.17. The number of carbonyl (C=O) groups is 3. The predicted octanol–water partition coefficient (Wildman–Crippen LogP) is 4.53. The molecule has 0 N–H and O–H groups in total. The molecular formula is C23H21N3O4S2. The highest BCUT2D eigenvalue weighted by atomic mass is 33.1. The summed E-state index contributed by atoms with van der Waals surface area (Å²) in [4.78, 5) is 49.7. The van der Waals surface area contributed by atoms with Gasteiger partial charge in [0.25, 0.3) is 11.8 Å². The van der Waals surface area contributed by atoms with Gasteiger partial charge in [0, 0.05) is 30.5 Å². The molecule has 3 aromatic rings. The van der Waals surface area contributed by atoms with Crippen molar-refractivity contribution in [1.82, 2.24) is 15.0 Å². The summed E-state index contributed by atoms with van der Waals surface area (Å²) in [6, 6.07) is 18.8. The average molecular weight is 468 g/mol. The third-order valence-electron chi connectivity index (χ3n) is 4.77. The van der Waals surface area contributed by atoms with Crippen molar-refractivity contribution in [2.45, 2.75) is 35.1 Å². The van der Waals surface area contributed by atoms with Crippen LogP contribution in [0.5, 0.6) is 0 Å². The SMILES string of the molecule is CC(S[SH](c1ccccn1)c1ccccn1)c1ccc(C(=O)ON2C(=O)CCC2=O)cc1. The second-order valence-electron chi connectivity index (χ2n) is 7.00. The molecule has 164 valence electrons. The Morgan fingerprint density at radius 2 is 1.50 bits per heavy atom. The maximum atomic E-state index is 12.3. The average Bonchev–Trinajstić information content (AvgIpc) is 3.15. The van der Waals surface area contributed by atoms with E-state index in [4.69, 9.17) is 4.84 Å². The van der Waals surface area contributed by atoms with Crippen molar-refractivity contribution in [2.24, 2.45) is 0 Å². The van der Waals surface area contributed by atoms with Crippen LogP contribution in [0, 0.1) is 0 Å². The zero-order chi connectivity index (χ0) is 22.5. The van der Waals surface area contributed by atoms with Gasteiger partial charge in [0.15, 0.2) is 0 Å². The summed E-state index contributed by atoms with van der Waals surface area (Å²) in [5.41, 5.74) is 1.30. The fraction of sp³-hybridized carbons (Fsp3) is 0.174. The van der Waals surface area contributed by atoms with Crippen molar-refractivity contribution in [3.63, 3.8) is 0 Å². The number of hydrogen-bond donors (Lipinski definition) is 1. The number of pyridine rings is 2. The van der Waals surface area contributed by atoms with E-state index in [1.165, 1.54) is 0 Å². The molecule has 0 aliphatic carbocycles. The lowest BCUT2D eigenvalue weighted by Crippen LogP contribution is -2.32. The smallest absolute Gasteiger partial charge is 0.325 e. The molecule has 0 saturated carbocycles. The lowest BCUT2D eigenvalue weighted by Gasteiger charge is -2.23. The monoisotopic (exact) mass is 467 g/mol. The highest BCUT2D eigenvalue weighted by Gasteiger charge is 2.33. The van der Waals surface area contributed by atoms with Gasteiger partial charge in [-0.25, -0.2) is 4.79 Å². The Bertz CT molecular complexity index is 1060. The molecule has 2 amide bonds. The number of imide groups is 1. The number of benzene rings is 1. The summed E-state index contributed by atoms with van der Waals surface area (Å²) in [5.74, 6) is -1.73. The molecule has 1 aromatic carbocycles. The molecule has 9 heteroatoms. The first kappa shape index (κ1) is 22.0. The van der Waals surface area contributed by atoms with Gasteiger partial charge in [0.1, 0.15) is 0 Å². The van der Waals surface area contributed by atoms with E-state index in [-0.39, 0.29) is 23.7 Å². The first-order valence-corrected chi connectivity index (χ1v) is 12.8. The van der Waals surface area contributed by atoms with Gasteiger partial charge in [-0.1, -0.05) is 35.1 Å². The van der Waals surface area contributed by atoms with E-state index in [1.807, 2.05) is 48.5 Å². The van der Waals surface area contributed by atoms with Gasteiger partial charge >= 0.3 is 5.97 Å². The van der Waals surface area contributed by atoms with Crippen molar-refractivity contribution in [2.75, 3.05) is 0 Å². The Balaban J connectivity index is 1.48. The molecular weight excluding hydrogens is 446 g/mol. The van der Waals surface area contributed by atoms with Crippen molar-refractivity contribution < 1.29 is 19.2 Å². The van der Waals surface area contributed by atoms with Crippen LogP contribution in [0.4, 0.5) is 0 Å². The molecule has 0 radical (unpaired) electrons. The second kappa shape index (κ2) is 9.97. The van der Waals surface area contributed by atoms with Crippen molar-refractivity contribution in [3.05, 3.63) is 84.2 Å². The van der Waals surface area contributed by atoms with E-state index in [0.29, 0.717) is 5.06 Å². The second-order valence-corrected chi connectivity index (χ2v) is 11.2. The first-order chi connectivity index (χ1) is 15.5. The van der Waals surface area contributed by atoms with Crippen LogP contribution >= 0.6 is 20.7 Å². The standard InChI is InChI=1S/C23H21N3O4S2/c1-16(31-32(19-6-2-4-14-24-19)20-7-3-5-15-25-20)17-8-10-18(11-9-17)23(29)30-26-21(27)12-13-22(26)28/h2-11,14-16,32H,12-13H2,1H3. The Kier molecular flexibility index (Phi) is 6.87. The zero-order valence-electron chi connectivity index (χ0n) is 17.2. The fourth-order valence-corrected chi connectivity index (χ4v) is 7.52. The van der Waals surface area contributed by atoms with Gasteiger partial charge in [-0.3, -0.25) is 19.6 Å². The summed E-state index contributed by atoms with van der Waals surface area (Å²) in [6.45, 7) is 2.10. The van der Waals surface area contributed by atoms with Crippen LogP contribution in [0.2, 0.25) is 0 Å². The number of thiol groups is 1. The maximum Gasteiger partial charge on any atom is 0.363 e. The van der Waals surface area contributed by atoms with Crippen LogP contribution < -0.4 is 0 Å². The van der Waals surface area contributed by atoms with Crippen molar-refractivity contribution in [1.29, 1.82) is 0 Å². The van der Waals surface area contributed by atoms with E-state index in [0.717, 1.165) is 15.6 Å². The molecule has 1 atom stereocenters. The van der Waals surface area contributed by atoms with E-state index in [9.17, 15) is 14.4 Å². The maximum absolute atomic E-state index is 12.3. The molecule has 3 heterocycles. The zero-order valence-corrected chi connectivity index (χ0v) is 19.0. The largest absolute Gasteiger partial charge is 0.363 e. The summed E-state index contributed by atoms with van der Waals surface area (Å²) >= 11 is 0. The number of rotatable bonds is 7. The molecule has 1 unspecified atom stereocenters. The molecule has 32 heavy (non-hydrogen) atoms. The molecule has 7 nitrogen and oxygen atoms in total. The van der Waals surface area contributed by atoms with Crippen LogP contribution in [0.1, 0.15) is 40.9 Å². The minimum Gasteiger partial charge on any atom is -0.325 e. The Labute approximate surface area is 191 Å². The van der Waals surface area contributed by atoms with E-state index < -0.39 is 27.7 Å². The molecule has 1 aliphatic heterocycles. The summed E-state index contributed by atoms with van der Waals surface area (Å²) in [7, 11) is 0.939. The van der Waals surface area contributed by atoms with E-state index in [1.54, 1.807) is 35.3 Å². The number of nitrogens with zero attached hydrogens (tertiary/aromatic N) is 3. The molecule has 1 fully saturated rings. The van der Waals surface area contributed by atoms with Crippen LogP contribution in [0.25, 0.3) is 0 Å². The van der Waals surface area contributed by atoms with Crippen molar-refractivity contribution >= 4 is 38.5 Å². The van der Waals surface area contributed by atoms with Crippen LogP contribution in [-0.4, -0.2) is 32.8 Å². The quantitative estimate of drug-likeness (QED) is 0.310. The van der Waals surface area contributed by atoms with Gasteiger partial charge in [0.2, 0.25) is 0 Å². The third kappa shape index (κ3) is 5.00.